The zero-order valence-corrected chi connectivity index (χ0v) is 15.1. The molecular formula is C18H19N3O6. The average Bonchev–Trinajstić information content (AvgIpc) is 2.65. The maximum absolute atomic E-state index is 12.2. The first-order valence-corrected chi connectivity index (χ1v) is 8.04. The van der Waals surface area contributed by atoms with Gasteiger partial charge in [-0.15, -0.1) is 0 Å². The number of aryl methyl sites for hydroxylation is 1. The molecule has 0 saturated heterocycles. The standard InChI is InChI=1S/C18H19N3O6/c1-4-27-15-8-6-13(10-16(15)26-3)18(23)20-19-17(22)12-5-7-14(21(24)25)11(2)9-12/h5-10H,4H2,1-3H3,(H,19,22)(H,20,23). The summed E-state index contributed by atoms with van der Waals surface area (Å²) in [6, 6.07) is 8.54. The smallest absolute Gasteiger partial charge is 0.272 e. The molecular weight excluding hydrogens is 354 g/mol. The Morgan fingerprint density at radius 3 is 2.15 bits per heavy atom. The fourth-order valence-electron chi connectivity index (χ4n) is 2.34. The van der Waals surface area contributed by atoms with E-state index in [1.165, 1.54) is 44.4 Å². The van der Waals surface area contributed by atoms with E-state index in [9.17, 15) is 19.7 Å². The predicted molar refractivity (Wildman–Crippen MR) is 96.9 cm³/mol. The van der Waals surface area contributed by atoms with Crippen LogP contribution >= 0.6 is 0 Å². The van der Waals surface area contributed by atoms with Gasteiger partial charge in [0, 0.05) is 22.8 Å². The first-order chi connectivity index (χ1) is 12.9. The first kappa shape index (κ1) is 19.7. The Kier molecular flexibility index (Phi) is 6.32. The summed E-state index contributed by atoms with van der Waals surface area (Å²) in [4.78, 5) is 34.6. The highest BCUT2D eigenvalue weighted by Crippen LogP contribution is 2.28. The van der Waals surface area contributed by atoms with E-state index in [1.807, 2.05) is 6.92 Å². The van der Waals surface area contributed by atoms with Crippen LogP contribution in [0.25, 0.3) is 0 Å². The molecule has 0 aliphatic rings. The van der Waals surface area contributed by atoms with Crippen molar-refractivity contribution >= 4 is 17.5 Å². The second kappa shape index (κ2) is 8.65. The number of carbonyl (C=O) groups is 2. The molecule has 2 rings (SSSR count). The summed E-state index contributed by atoms with van der Waals surface area (Å²) in [6.07, 6.45) is 0. The van der Waals surface area contributed by atoms with Crippen LogP contribution in [0.4, 0.5) is 5.69 Å². The molecule has 0 aromatic heterocycles. The lowest BCUT2D eigenvalue weighted by Crippen LogP contribution is -2.41. The molecule has 2 amide bonds. The lowest BCUT2D eigenvalue weighted by molar-refractivity contribution is -0.385. The number of benzene rings is 2. The minimum atomic E-state index is -0.598. The third kappa shape index (κ3) is 4.72. The highest BCUT2D eigenvalue weighted by atomic mass is 16.6. The van der Waals surface area contributed by atoms with Crippen molar-refractivity contribution in [3.63, 3.8) is 0 Å². The third-order valence-electron chi connectivity index (χ3n) is 3.67. The number of amides is 2. The number of carbonyl (C=O) groups excluding carboxylic acids is 2. The van der Waals surface area contributed by atoms with Crippen LogP contribution < -0.4 is 20.3 Å². The van der Waals surface area contributed by atoms with E-state index < -0.39 is 16.7 Å². The molecule has 0 heterocycles. The molecule has 0 saturated carbocycles. The first-order valence-electron chi connectivity index (χ1n) is 8.04. The number of rotatable bonds is 6. The number of ether oxygens (including phenoxy) is 2. The van der Waals surface area contributed by atoms with Crippen molar-refractivity contribution in [3.05, 3.63) is 63.2 Å². The van der Waals surface area contributed by atoms with Crippen LogP contribution in [0.1, 0.15) is 33.2 Å². The molecule has 0 spiro atoms. The van der Waals surface area contributed by atoms with Crippen molar-refractivity contribution in [2.45, 2.75) is 13.8 Å². The van der Waals surface area contributed by atoms with Crippen LogP contribution in [0.15, 0.2) is 36.4 Å². The van der Waals surface area contributed by atoms with Crippen LogP contribution in [0.2, 0.25) is 0 Å². The van der Waals surface area contributed by atoms with E-state index >= 15 is 0 Å². The van der Waals surface area contributed by atoms with E-state index in [1.54, 1.807) is 6.07 Å². The van der Waals surface area contributed by atoms with Gasteiger partial charge in [0.15, 0.2) is 11.5 Å². The Morgan fingerprint density at radius 2 is 1.63 bits per heavy atom. The van der Waals surface area contributed by atoms with Crippen LogP contribution in [0, 0.1) is 17.0 Å². The van der Waals surface area contributed by atoms with E-state index in [0.29, 0.717) is 23.7 Å². The van der Waals surface area contributed by atoms with Gasteiger partial charge in [0.05, 0.1) is 18.6 Å². The van der Waals surface area contributed by atoms with Crippen molar-refractivity contribution in [2.24, 2.45) is 0 Å². The minimum Gasteiger partial charge on any atom is -0.493 e. The SMILES string of the molecule is CCOc1ccc(C(=O)NNC(=O)c2ccc([N+](=O)[O-])c(C)c2)cc1OC. The topological polar surface area (TPSA) is 120 Å². The summed E-state index contributed by atoms with van der Waals surface area (Å²) < 4.78 is 10.6. The number of hydrogen-bond donors (Lipinski definition) is 2. The largest absolute Gasteiger partial charge is 0.493 e. The van der Waals surface area contributed by atoms with Gasteiger partial charge < -0.3 is 9.47 Å². The lowest BCUT2D eigenvalue weighted by atomic mass is 10.1. The molecule has 142 valence electrons. The van der Waals surface area contributed by atoms with Crippen LogP contribution in [-0.2, 0) is 0 Å². The number of hydrogen-bond acceptors (Lipinski definition) is 6. The van der Waals surface area contributed by atoms with Crippen molar-refractivity contribution in [3.8, 4) is 11.5 Å². The predicted octanol–water partition coefficient (Wildman–Crippen LogP) is 2.39. The van der Waals surface area contributed by atoms with E-state index in [2.05, 4.69) is 10.9 Å². The number of hydrazine groups is 1. The van der Waals surface area contributed by atoms with Gasteiger partial charge in [-0.05, 0) is 44.2 Å². The number of nitro groups is 1. The Bertz CT molecular complexity index is 881. The van der Waals surface area contributed by atoms with E-state index in [4.69, 9.17) is 9.47 Å². The Labute approximate surface area is 155 Å². The van der Waals surface area contributed by atoms with Gasteiger partial charge in [-0.1, -0.05) is 0 Å². The lowest BCUT2D eigenvalue weighted by Gasteiger charge is -2.12. The van der Waals surface area contributed by atoms with Gasteiger partial charge in [0.25, 0.3) is 17.5 Å². The van der Waals surface area contributed by atoms with Gasteiger partial charge in [0.1, 0.15) is 0 Å². The summed E-state index contributed by atoms with van der Waals surface area (Å²) >= 11 is 0. The van der Waals surface area contributed by atoms with Crippen LogP contribution in [0.3, 0.4) is 0 Å². The quantitative estimate of drug-likeness (QED) is 0.593. The van der Waals surface area contributed by atoms with Crippen LogP contribution in [0.5, 0.6) is 11.5 Å². The summed E-state index contributed by atoms with van der Waals surface area (Å²) in [5, 5.41) is 10.8. The van der Waals surface area contributed by atoms with Gasteiger partial charge >= 0.3 is 0 Å². The highest BCUT2D eigenvalue weighted by molar-refractivity contribution is 5.99. The number of nitrogens with one attached hydrogen (secondary N) is 2. The summed E-state index contributed by atoms with van der Waals surface area (Å²) in [5.74, 6) is -0.258. The summed E-state index contributed by atoms with van der Waals surface area (Å²) in [6.45, 7) is 3.81. The Hall–Kier alpha value is -3.62. The molecule has 0 bridgehead atoms. The molecule has 0 aliphatic heterocycles. The van der Waals surface area contributed by atoms with Gasteiger partial charge in [-0.2, -0.15) is 0 Å². The zero-order chi connectivity index (χ0) is 20.0. The van der Waals surface area contributed by atoms with Gasteiger partial charge in [0.2, 0.25) is 0 Å². The fourth-order valence-corrected chi connectivity index (χ4v) is 2.34. The number of nitrogens with zero attached hydrogens (tertiary/aromatic N) is 1. The van der Waals surface area contributed by atoms with Crippen LogP contribution in [-0.4, -0.2) is 30.5 Å². The maximum atomic E-state index is 12.2. The molecule has 27 heavy (non-hydrogen) atoms. The molecule has 0 radical (unpaired) electrons. The summed E-state index contributed by atoms with van der Waals surface area (Å²) in [7, 11) is 1.46. The molecule has 2 aromatic carbocycles. The third-order valence-corrected chi connectivity index (χ3v) is 3.67. The molecule has 0 aliphatic carbocycles. The van der Waals surface area contributed by atoms with E-state index in [0.717, 1.165) is 0 Å². The normalized spacial score (nSPS) is 10.0. The maximum Gasteiger partial charge on any atom is 0.272 e. The molecule has 0 unspecified atom stereocenters. The zero-order valence-electron chi connectivity index (χ0n) is 15.1. The molecule has 0 atom stereocenters. The summed E-state index contributed by atoms with van der Waals surface area (Å²) in [5.41, 5.74) is 5.26. The second-order valence-electron chi connectivity index (χ2n) is 5.47. The van der Waals surface area contributed by atoms with Crippen molar-refractivity contribution in [1.29, 1.82) is 0 Å². The monoisotopic (exact) mass is 373 g/mol. The molecule has 9 nitrogen and oxygen atoms in total. The molecule has 0 fully saturated rings. The second-order valence-corrected chi connectivity index (χ2v) is 5.47. The Morgan fingerprint density at radius 1 is 1.04 bits per heavy atom. The minimum absolute atomic E-state index is 0.0860. The molecule has 2 N–H and O–H groups in total. The molecule has 2 aromatic rings. The fraction of sp³-hybridized carbons (Fsp3) is 0.222. The number of methoxy groups -OCH3 is 1. The van der Waals surface area contributed by atoms with E-state index in [-0.39, 0.29) is 16.8 Å². The number of nitro benzene ring substituents is 1. The molecule has 9 heteroatoms. The van der Waals surface area contributed by atoms with Gasteiger partial charge in [-0.25, -0.2) is 0 Å². The van der Waals surface area contributed by atoms with Crippen molar-refractivity contribution < 1.29 is 24.0 Å². The van der Waals surface area contributed by atoms with Gasteiger partial charge in [-0.3, -0.25) is 30.6 Å². The van der Waals surface area contributed by atoms with Crippen molar-refractivity contribution in [2.75, 3.05) is 13.7 Å². The van der Waals surface area contributed by atoms with Crippen molar-refractivity contribution in [1.82, 2.24) is 10.9 Å². The Balaban J connectivity index is 2.05. The average molecular weight is 373 g/mol. The highest BCUT2D eigenvalue weighted by Gasteiger charge is 2.15.